The molecular formula is C23H16ClN3O3S. The van der Waals surface area contributed by atoms with Gasteiger partial charge in [-0.1, -0.05) is 47.9 Å². The van der Waals surface area contributed by atoms with E-state index in [1.165, 1.54) is 0 Å². The second-order valence-electron chi connectivity index (χ2n) is 6.73. The van der Waals surface area contributed by atoms with Crippen molar-refractivity contribution >= 4 is 63.1 Å². The third-order valence-electron chi connectivity index (χ3n) is 4.69. The Balaban J connectivity index is 1.55. The number of amides is 3. The summed E-state index contributed by atoms with van der Waals surface area (Å²) in [5.74, 6) is 1.58. The Morgan fingerprint density at radius 1 is 1.16 bits per heavy atom. The van der Waals surface area contributed by atoms with Crippen LogP contribution in [-0.4, -0.2) is 33.1 Å². The Kier molecular flexibility index (Phi) is 5.85. The summed E-state index contributed by atoms with van der Waals surface area (Å²) in [7, 11) is 0. The number of imide groups is 1. The number of carbonyl (C=O) groups excluding carboxylic acids is 3. The van der Waals surface area contributed by atoms with Crippen LogP contribution in [0.15, 0.2) is 59.6 Å². The zero-order valence-electron chi connectivity index (χ0n) is 16.2. The molecule has 0 aliphatic carbocycles. The van der Waals surface area contributed by atoms with Crippen molar-refractivity contribution in [3.05, 3.63) is 70.2 Å². The monoisotopic (exact) mass is 449 g/mol. The van der Waals surface area contributed by atoms with Crippen molar-refractivity contribution in [1.29, 1.82) is 0 Å². The molecule has 0 bridgehead atoms. The minimum absolute atomic E-state index is 0.249. The van der Waals surface area contributed by atoms with Gasteiger partial charge in [0.15, 0.2) is 0 Å². The Hall–Kier alpha value is -3.47. The van der Waals surface area contributed by atoms with E-state index in [1.54, 1.807) is 30.3 Å². The van der Waals surface area contributed by atoms with E-state index in [-0.39, 0.29) is 4.91 Å². The Morgan fingerprint density at radius 3 is 2.68 bits per heavy atom. The molecule has 1 saturated heterocycles. The van der Waals surface area contributed by atoms with Gasteiger partial charge < -0.3 is 9.88 Å². The number of hydrogen-bond donors (Lipinski definition) is 1. The lowest BCUT2D eigenvalue weighted by Gasteiger charge is -2.13. The number of fused-ring (bicyclic) bond motifs is 1. The summed E-state index contributed by atoms with van der Waals surface area (Å²) in [6, 6.07) is 14.4. The van der Waals surface area contributed by atoms with E-state index in [2.05, 4.69) is 11.2 Å². The molecular weight excluding hydrogens is 434 g/mol. The van der Waals surface area contributed by atoms with Gasteiger partial charge in [-0.15, -0.1) is 6.42 Å². The zero-order chi connectivity index (χ0) is 22.0. The Labute approximate surface area is 187 Å². The molecule has 2 heterocycles. The normalized spacial score (nSPS) is 15.0. The van der Waals surface area contributed by atoms with Gasteiger partial charge in [0.1, 0.15) is 6.54 Å². The lowest BCUT2D eigenvalue weighted by Crippen LogP contribution is -2.36. The molecule has 3 aromatic rings. The molecule has 3 amide bonds. The highest BCUT2D eigenvalue weighted by Crippen LogP contribution is 2.34. The molecule has 0 spiro atoms. The quantitative estimate of drug-likeness (QED) is 0.456. The van der Waals surface area contributed by atoms with E-state index in [1.807, 2.05) is 35.0 Å². The summed E-state index contributed by atoms with van der Waals surface area (Å²) < 4.78 is 1.91. The van der Waals surface area contributed by atoms with Gasteiger partial charge in [-0.05, 0) is 36.0 Å². The number of nitrogens with one attached hydrogen (secondary N) is 1. The van der Waals surface area contributed by atoms with E-state index in [4.69, 9.17) is 18.0 Å². The number of hydrogen-bond acceptors (Lipinski definition) is 4. The number of benzene rings is 2. The lowest BCUT2D eigenvalue weighted by atomic mass is 10.1. The van der Waals surface area contributed by atoms with Gasteiger partial charge in [-0.2, -0.15) is 0 Å². The first kappa shape index (κ1) is 20.8. The number of anilines is 1. The molecule has 8 heteroatoms. The molecule has 1 fully saturated rings. The summed E-state index contributed by atoms with van der Waals surface area (Å²) in [5, 5.41) is 3.40. The summed E-state index contributed by atoms with van der Waals surface area (Å²) in [6.07, 6.45) is 8.96. The van der Waals surface area contributed by atoms with Crippen molar-refractivity contribution in [3.8, 4) is 12.3 Å². The van der Waals surface area contributed by atoms with E-state index in [9.17, 15) is 14.4 Å². The SMILES string of the molecule is C#CCn1cc(/C=C2/SC(=O)N(CC(=O)Nc3ccccc3Cl)C2=O)c2ccccc21. The van der Waals surface area contributed by atoms with Gasteiger partial charge in [-0.3, -0.25) is 19.3 Å². The molecule has 1 aliphatic heterocycles. The fraction of sp³-hybridized carbons (Fsp3) is 0.0870. The predicted molar refractivity (Wildman–Crippen MR) is 124 cm³/mol. The number of nitrogens with zero attached hydrogens (tertiary/aromatic N) is 2. The van der Waals surface area contributed by atoms with Crippen LogP contribution in [-0.2, 0) is 16.1 Å². The number of thioether (sulfide) groups is 1. The molecule has 4 rings (SSSR count). The van der Waals surface area contributed by atoms with Crippen LogP contribution in [0, 0.1) is 12.3 Å². The number of terminal acetylenes is 1. The van der Waals surface area contributed by atoms with Crippen molar-refractivity contribution in [1.82, 2.24) is 9.47 Å². The maximum absolute atomic E-state index is 12.8. The van der Waals surface area contributed by atoms with Gasteiger partial charge in [0.2, 0.25) is 5.91 Å². The number of para-hydroxylation sites is 2. The van der Waals surface area contributed by atoms with Crippen molar-refractivity contribution in [3.63, 3.8) is 0 Å². The van der Waals surface area contributed by atoms with Gasteiger partial charge in [0.05, 0.1) is 22.2 Å². The van der Waals surface area contributed by atoms with E-state index >= 15 is 0 Å². The molecule has 0 radical (unpaired) electrons. The molecule has 31 heavy (non-hydrogen) atoms. The molecule has 1 aliphatic rings. The topological polar surface area (TPSA) is 71.4 Å². The average molecular weight is 450 g/mol. The minimum Gasteiger partial charge on any atom is -0.335 e. The van der Waals surface area contributed by atoms with Crippen LogP contribution in [0.4, 0.5) is 10.5 Å². The third kappa shape index (κ3) is 4.22. The van der Waals surface area contributed by atoms with Crippen LogP contribution in [0.3, 0.4) is 0 Å². The maximum Gasteiger partial charge on any atom is 0.294 e. The van der Waals surface area contributed by atoms with Crippen molar-refractivity contribution in [2.45, 2.75) is 6.54 Å². The van der Waals surface area contributed by atoms with E-state index < -0.39 is 23.6 Å². The van der Waals surface area contributed by atoms with Crippen molar-refractivity contribution in [2.24, 2.45) is 0 Å². The average Bonchev–Trinajstić information content (AvgIpc) is 3.22. The van der Waals surface area contributed by atoms with E-state index in [0.29, 0.717) is 17.3 Å². The summed E-state index contributed by atoms with van der Waals surface area (Å²) in [5.41, 5.74) is 2.12. The molecule has 0 atom stereocenters. The molecule has 1 aromatic heterocycles. The summed E-state index contributed by atoms with van der Waals surface area (Å²) >= 11 is 6.84. The van der Waals surface area contributed by atoms with Crippen molar-refractivity contribution in [2.75, 3.05) is 11.9 Å². The summed E-state index contributed by atoms with van der Waals surface area (Å²) in [4.78, 5) is 38.7. The second kappa shape index (κ2) is 8.72. The predicted octanol–water partition coefficient (Wildman–Crippen LogP) is 4.60. The minimum atomic E-state index is -0.516. The first-order valence-electron chi connectivity index (χ1n) is 9.29. The van der Waals surface area contributed by atoms with Crippen molar-refractivity contribution < 1.29 is 14.4 Å². The first-order valence-corrected chi connectivity index (χ1v) is 10.5. The van der Waals surface area contributed by atoms with E-state index in [0.717, 1.165) is 33.1 Å². The number of halogens is 1. The highest BCUT2D eigenvalue weighted by Gasteiger charge is 2.36. The van der Waals surface area contributed by atoms with Crippen LogP contribution in [0.1, 0.15) is 5.56 Å². The smallest absolute Gasteiger partial charge is 0.294 e. The molecule has 2 aromatic carbocycles. The van der Waals surface area contributed by atoms with Crippen LogP contribution in [0.25, 0.3) is 17.0 Å². The maximum atomic E-state index is 12.8. The van der Waals surface area contributed by atoms with Crippen LogP contribution in [0.2, 0.25) is 5.02 Å². The summed E-state index contributed by atoms with van der Waals surface area (Å²) in [6.45, 7) is -0.00979. The highest BCUT2D eigenvalue weighted by molar-refractivity contribution is 8.18. The fourth-order valence-electron chi connectivity index (χ4n) is 3.29. The molecule has 0 unspecified atom stereocenters. The largest absolute Gasteiger partial charge is 0.335 e. The standard InChI is InChI=1S/C23H16ClN3O3S/c1-2-11-26-13-15(16-7-3-6-10-19(16)26)12-20-22(29)27(23(30)31-20)14-21(28)25-18-9-5-4-8-17(18)24/h1,3-10,12-13H,11,14H2,(H,25,28)/b20-12+. The number of rotatable bonds is 5. The molecule has 154 valence electrons. The van der Waals surface area contributed by atoms with Gasteiger partial charge in [0, 0.05) is 22.7 Å². The number of aromatic nitrogens is 1. The molecule has 0 saturated carbocycles. The molecule has 1 N–H and O–H groups in total. The zero-order valence-corrected chi connectivity index (χ0v) is 17.7. The molecule has 6 nitrogen and oxygen atoms in total. The van der Waals surface area contributed by atoms with Gasteiger partial charge >= 0.3 is 0 Å². The van der Waals surface area contributed by atoms with Crippen LogP contribution in [0.5, 0.6) is 0 Å². The van der Waals surface area contributed by atoms with Crippen LogP contribution < -0.4 is 5.32 Å². The number of carbonyl (C=O) groups is 3. The Bertz CT molecular complexity index is 1290. The Morgan fingerprint density at radius 2 is 1.90 bits per heavy atom. The second-order valence-corrected chi connectivity index (χ2v) is 8.13. The van der Waals surface area contributed by atoms with Gasteiger partial charge in [-0.25, -0.2) is 0 Å². The van der Waals surface area contributed by atoms with Crippen LogP contribution >= 0.6 is 23.4 Å². The fourth-order valence-corrected chi connectivity index (χ4v) is 4.30. The highest BCUT2D eigenvalue weighted by atomic mass is 35.5. The third-order valence-corrected chi connectivity index (χ3v) is 5.93. The van der Waals surface area contributed by atoms with Gasteiger partial charge in [0.25, 0.3) is 11.1 Å². The first-order chi connectivity index (χ1) is 15.0. The lowest BCUT2D eigenvalue weighted by molar-refractivity contribution is -0.127.